The zero-order valence-electron chi connectivity index (χ0n) is 10.7. The first-order valence-corrected chi connectivity index (χ1v) is 7.17. The van der Waals surface area contributed by atoms with Crippen LogP contribution in [0.1, 0.15) is 21.7 Å². The molecular formula is C15H17NO2S. The number of thiophene rings is 1. The molecule has 0 radical (unpaired) electrons. The van der Waals surface area contributed by atoms with Crippen molar-refractivity contribution in [1.29, 1.82) is 0 Å². The van der Waals surface area contributed by atoms with E-state index in [0.717, 1.165) is 11.3 Å². The second-order valence-corrected chi connectivity index (χ2v) is 5.07. The molecule has 4 heteroatoms. The lowest BCUT2D eigenvalue weighted by molar-refractivity contribution is 0.0938. The standard InChI is InChI=1S/C15H17NO2S/c17-15(14-8-4-11-19-14)16-9-5-10-18-12-13-6-2-1-3-7-13/h1-4,6-8,11H,5,9-10,12H2,(H,16,17). The number of hydrogen-bond donors (Lipinski definition) is 1. The number of hydrogen-bond acceptors (Lipinski definition) is 3. The highest BCUT2D eigenvalue weighted by Crippen LogP contribution is 2.07. The molecule has 0 saturated heterocycles. The van der Waals surface area contributed by atoms with Gasteiger partial charge in [-0.15, -0.1) is 11.3 Å². The molecule has 0 aliphatic carbocycles. The molecule has 0 saturated carbocycles. The molecule has 0 fully saturated rings. The lowest BCUT2D eigenvalue weighted by Gasteiger charge is -2.05. The molecule has 0 aliphatic heterocycles. The van der Waals surface area contributed by atoms with Crippen LogP contribution in [0.3, 0.4) is 0 Å². The first-order chi connectivity index (χ1) is 9.36. The first kappa shape index (κ1) is 13.8. The van der Waals surface area contributed by atoms with Crippen molar-refractivity contribution in [3.05, 3.63) is 58.3 Å². The van der Waals surface area contributed by atoms with E-state index < -0.39 is 0 Å². The zero-order chi connectivity index (χ0) is 13.3. The number of carbonyl (C=O) groups is 1. The van der Waals surface area contributed by atoms with E-state index in [1.807, 2.05) is 47.8 Å². The van der Waals surface area contributed by atoms with Gasteiger partial charge in [-0.2, -0.15) is 0 Å². The number of rotatable bonds is 7. The van der Waals surface area contributed by atoms with Gasteiger partial charge in [-0.1, -0.05) is 36.4 Å². The lowest BCUT2D eigenvalue weighted by atomic mass is 10.2. The third-order valence-electron chi connectivity index (χ3n) is 2.61. The largest absolute Gasteiger partial charge is 0.377 e. The molecule has 1 heterocycles. The monoisotopic (exact) mass is 275 g/mol. The van der Waals surface area contributed by atoms with Gasteiger partial charge in [0.15, 0.2) is 0 Å². The van der Waals surface area contributed by atoms with E-state index in [9.17, 15) is 4.79 Å². The molecule has 0 unspecified atom stereocenters. The molecule has 0 bridgehead atoms. The maximum Gasteiger partial charge on any atom is 0.261 e. The van der Waals surface area contributed by atoms with E-state index in [1.54, 1.807) is 0 Å². The Morgan fingerprint density at radius 2 is 2.00 bits per heavy atom. The van der Waals surface area contributed by atoms with Crippen LogP contribution in [-0.2, 0) is 11.3 Å². The van der Waals surface area contributed by atoms with Crippen molar-refractivity contribution in [3.63, 3.8) is 0 Å². The fourth-order valence-corrected chi connectivity index (χ4v) is 2.28. The summed E-state index contributed by atoms with van der Waals surface area (Å²) in [6.07, 6.45) is 0.823. The van der Waals surface area contributed by atoms with Gasteiger partial charge in [-0.3, -0.25) is 4.79 Å². The quantitative estimate of drug-likeness (QED) is 0.789. The van der Waals surface area contributed by atoms with Crippen LogP contribution in [-0.4, -0.2) is 19.1 Å². The molecule has 1 N–H and O–H groups in total. The molecule has 19 heavy (non-hydrogen) atoms. The summed E-state index contributed by atoms with van der Waals surface area (Å²) in [5, 5.41) is 4.78. The van der Waals surface area contributed by atoms with Gasteiger partial charge in [0.25, 0.3) is 5.91 Å². The number of ether oxygens (including phenoxy) is 1. The Bertz CT molecular complexity index is 482. The van der Waals surface area contributed by atoms with Crippen molar-refractivity contribution in [2.24, 2.45) is 0 Å². The van der Waals surface area contributed by atoms with Gasteiger partial charge < -0.3 is 10.1 Å². The normalized spacial score (nSPS) is 10.3. The lowest BCUT2D eigenvalue weighted by Crippen LogP contribution is -2.24. The Hall–Kier alpha value is -1.65. The predicted octanol–water partition coefficient (Wildman–Crippen LogP) is 3.08. The maximum absolute atomic E-state index is 11.6. The second-order valence-electron chi connectivity index (χ2n) is 4.12. The SMILES string of the molecule is O=C(NCCCOCc1ccccc1)c1cccs1. The van der Waals surface area contributed by atoms with Gasteiger partial charge in [0.1, 0.15) is 0 Å². The first-order valence-electron chi connectivity index (χ1n) is 6.29. The fourth-order valence-electron chi connectivity index (χ4n) is 1.64. The van der Waals surface area contributed by atoms with Crippen molar-refractivity contribution in [1.82, 2.24) is 5.32 Å². The third kappa shape index (κ3) is 4.85. The van der Waals surface area contributed by atoms with Gasteiger partial charge in [-0.05, 0) is 23.4 Å². The van der Waals surface area contributed by atoms with Crippen LogP contribution in [0.5, 0.6) is 0 Å². The molecule has 100 valence electrons. The average molecular weight is 275 g/mol. The van der Waals surface area contributed by atoms with Crippen molar-refractivity contribution in [2.45, 2.75) is 13.0 Å². The topological polar surface area (TPSA) is 38.3 Å². The zero-order valence-corrected chi connectivity index (χ0v) is 11.5. The van der Waals surface area contributed by atoms with Crippen LogP contribution in [0.2, 0.25) is 0 Å². The average Bonchev–Trinajstić information content (AvgIpc) is 2.98. The minimum absolute atomic E-state index is 0.00180. The van der Waals surface area contributed by atoms with E-state index in [-0.39, 0.29) is 5.91 Å². The van der Waals surface area contributed by atoms with Gasteiger partial charge >= 0.3 is 0 Å². The van der Waals surface area contributed by atoms with Gasteiger partial charge in [0.2, 0.25) is 0 Å². The molecule has 0 aliphatic rings. The van der Waals surface area contributed by atoms with Crippen LogP contribution in [0.25, 0.3) is 0 Å². The van der Waals surface area contributed by atoms with E-state index in [1.165, 1.54) is 16.9 Å². The summed E-state index contributed by atoms with van der Waals surface area (Å²) in [6, 6.07) is 13.8. The van der Waals surface area contributed by atoms with Gasteiger partial charge in [0, 0.05) is 13.2 Å². The summed E-state index contributed by atoms with van der Waals surface area (Å²) in [6.45, 7) is 1.92. The number of amides is 1. The third-order valence-corrected chi connectivity index (χ3v) is 3.48. The summed E-state index contributed by atoms with van der Waals surface area (Å²) in [5.41, 5.74) is 1.17. The van der Waals surface area contributed by atoms with Crippen LogP contribution >= 0.6 is 11.3 Å². The Morgan fingerprint density at radius 1 is 1.16 bits per heavy atom. The summed E-state index contributed by atoms with van der Waals surface area (Å²) in [5.74, 6) is -0.00180. The number of nitrogens with one attached hydrogen (secondary N) is 1. The summed E-state index contributed by atoms with van der Waals surface area (Å²) < 4.78 is 5.54. The van der Waals surface area contributed by atoms with E-state index in [4.69, 9.17) is 4.74 Å². The highest BCUT2D eigenvalue weighted by molar-refractivity contribution is 7.12. The Morgan fingerprint density at radius 3 is 2.74 bits per heavy atom. The molecule has 1 amide bonds. The van der Waals surface area contributed by atoms with Gasteiger partial charge in [0.05, 0.1) is 11.5 Å². The summed E-state index contributed by atoms with van der Waals surface area (Å²) >= 11 is 1.45. The number of carbonyl (C=O) groups excluding carboxylic acids is 1. The van der Waals surface area contributed by atoms with Crippen LogP contribution in [0.4, 0.5) is 0 Å². The molecule has 0 atom stereocenters. The molecule has 2 rings (SSSR count). The van der Waals surface area contributed by atoms with E-state index in [0.29, 0.717) is 19.8 Å². The van der Waals surface area contributed by atoms with Gasteiger partial charge in [-0.25, -0.2) is 0 Å². The molecule has 1 aromatic heterocycles. The van der Waals surface area contributed by atoms with E-state index >= 15 is 0 Å². The minimum atomic E-state index is -0.00180. The molecule has 0 spiro atoms. The second kappa shape index (κ2) is 7.71. The molecule has 1 aromatic carbocycles. The van der Waals surface area contributed by atoms with Crippen LogP contribution < -0.4 is 5.32 Å². The Kier molecular flexibility index (Phi) is 5.59. The molecular weight excluding hydrogens is 258 g/mol. The van der Waals surface area contributed by atoms with Crippen LogP contribution in [0, 0.1) is 0 Å². The van der Waals surface area contributed by atoms with Crippen molar-refractivity contribution in [3.8, 4) is 0 Å². The number of benzene rings is 1. The van der Waals surface area contributed by atoms with Crippen molar-refractivity contribution < 1.29 is 9.53 Å². The van der Waals surface area contributed by atoms with Crippen molar-refractivity contribution >= 4 is 17.2 Å². The summed E-state index contributed by atoms with van der Waals surface area (Å²) in [7, 11) is 0. The van der Waals surface area contributed by atoms with Crippen LogP contribution in [0.15, 0.2) is 47.8 Å². The molecule has 3 nitrogen and oxygen atoms in total. The Balaban J connectivity index is 1.54. The smallest absolute Gasteiger partial charge is 0.261 e. The Labute approximate surface area is 117 Å². The van der Waals surface area contributed by atoms with E-state index in [2.05, 4.69) is 5.32 Å². The minimum Gasteiger partial charge on any atom is -0.377 e. The highest BCUT2D eigenvalue weighted by Gasteiger charge is 2.04. The van der Waals surface area contributed by atoms with Crippen molar-refractivity contribution in [2.75, 3.05) is 13.2 Å². The maximum atomic E-state index is 11.6. The fraction of sp³-hybridized carbons (Fsp3) is 0.267. The summed E-state index contributed by atoms with van der Waals surface area (Å²) in [4.78, 5) is 12.4. The predicted molar refractivity (Wildman–Crippen MR) is 77.4 cm³/mol. The molecule has 2 aromatic rings. The highest BCUT2D eigenvalue weighted by atomic mass is 32.1.